The Kier molecular flexibility index (Phi) is 6.22. The number of aromatic nitrogens is 3. The van der Waals surface area contributed by atoms with Gasteiger partial charge in [-0.25, -0.2) is 9.97 Å². The van der Waals surface area contributed by atoms with Crippen LogP contribution < -0.4 is 5.73 Å². The number of H-pyrrole nitrogens is 1. The van der Waals surface area contributed by atoms with Crippen molar-refractivity contribution in [3.8, 4) is 0 Å². The molecule has 2 aromatic rings. The number of nitrogen functional groups attached to an aromatic ring is 1. The average molecular weight is 225 g/mol. The second kappa shape index (κ2) is 5.58. The molecule has 2 aromatic heterocycles. The van der Waals surface area contributed by atoms with Crippen LogP contribution in [-0.2, 0) is 0 Å². The molecule has 0 saturated carbocycles. The monoisotopic (exact) mass is 224 g/mol. The van der Waals surface area contributed by atoms with Crippen molar-refractivity contribution in [2.45, 2.75) is 0 Å². The van der Waals surface area contributed by atoms with Crippen molar-refractivity contribution in [3.05, 3.63) is 18.6 Å². The van der Waals surface area contributed by atoms with E-state index < -0.39 is 0 Å². The largest absolute Gasteiger partial charge is 0.412 e. The summed E-state index contributed by atoms with van der Waals surface area (Å²) in [4.78, 5) is 10.7. The van der Waals surface area contributed by atoms with Gasteiger partial charge in [-0.05, 0) is 0 Å². The Labute approximate surface area is 86.9 Å². The zero-order valence-electron chi connectivity index (χ0n) is 6.52. The maximum Gasteiger partial charge on any atom is 0.220 e. The Morgan fingerprint density at radius 3 is 2.62 bits per heavy atom. The van der Waals surface area contributed by atoms with Gasteiger partial charge in [0.2, 0.25) is 5.95 Å². The van der Waals surface area contributed by atoms with E-state index in [0.717, 1.165) is 10.9 Å². The maximum absolute atomic E-state index is 5.35. The zero-order chi connectivity index (χ0) is 6.97. The van der Waals surface area contributed by atoms with Crippen LogP contribution >= 0.6 is 24.8 Å². The van der Waals surface area contributed by atoms with Crippen LogP contribution in [0.4, 0.5) is 5.95 Å². The van der Waals surface area contributed by atoms with E-state index in [1.807, 2.05) is 6.20 Å². The van der Waals surface area contributed by atoms with Crippen LogP contribution in [0.5, 0.6) is 0 Å². The molecule has 74 valence electrons. The van der Waals surface area contributed by atoms with Crippen LogP contribution in [0.25, 0.3) is 10.9 Å². The lowest BCUT2D eigenvalue weighted by Crippen LogP contribution is -1.91. The van der Waals surface area contributed by atoms with E-state index in [0.29, 0.717) is 5.95 Å². The Morgan fingerprint density at radius 1 is 1.23 bits per heavy atom. The van der Waals surface area contributed by atoms with Crippen LogP contribution in [0, 0.1) is 0 Å². The summed E-state index contributed by atoms with van der Waals surface area (Å²) in [6.07, 6.45) is 5.30. The Morgan fingerprint density at radius 2 is 1.92 bits per heavy atom. The van der Waals surface area contributed by atoms with Crippen LogP contribution in [-0.4, -0.2) is 20.4 Å². The second-order valence-corrected chi connectivity index (χ2v) is 2.02. The molecule has 0 aliphatic carbocycles. The maximum atomic E-state index is 5.35. The molecule has 13 heavy (non-hydrogen) atoms. The predicted molar refractivity (Wildman–Crippen MR) is 56.4 cm³/mol. The van der Waals surface area contributed by atoms with Gasteiger partial charge in [0.1, 0.15) is 0 Å². The van der Waals surface area contributed by atoms with Gasteiger partial charge < -0.3 is 16.2 Å². The first-order chi connectivity index (χ1) is 4.86. The molecule has 0 aliphatic rings. The highest BCUT2D eigenvalue weighted by atomic mass is 35.5. The summed E-state index contributed by atoms with van der Waals surface area (Å²) >= 11 is 0. The first-order valence-electron chi connectivity index (χ1n) is 2.91. The van der Waals surface area contributed by atoms with Gasteiger partial charge in [-0.1, -0.05) is 0 Å². The fraction of sp³-hybridized carbons (Fsp3) is 0. The van der Waals surface area contributed by atoms with Crippen molar-refractivity contribution in [1.82, 2.24) is 15.0 Å². The van der Waals surface area contributed by atoms with Crippen LogP contribution in [0.2, 0.25) is 0 Å². The Balaban J connectivity index is 0. The number of nitrogens with one attached hydrogen (secondary N) is 1. The summed E-state index contributed by atoms with van der Waals surface area (Å²) in [5.74, 6) is 0.312. The third kappa shape index (κ3) is 2.73. The van der Waals surface area contributed by atoms with E-state index >= 15 is 0 Å². The molecule has 0 aliphatic heterocycles. The Hall–Kier alpha value is -1.04. The molecular formula is C6H10Cl2N4O. The van der Waals surface area contributed by atoms with Crippen LogP contribution in [0.1, 0.15) is 0 Å². The quantitative estimate of drug-likeness (QED) is 0.684. The fourth-order valence-electron chi connectivity index (χ4n) is 0.856. The first kappa shape index (κ1) is 14.5. The number of rotatable bonds is 0. The summed E-state index contributed by atoms with van der Waals surface area (Å²) in [7, 11) is 0. The number of fused-ring (bicyclic) bond motifs is 1. The van der Waals surface area contributed by atoms with Crippen LogP contribution in [0.3, 0.4) is 0 Å². The molecule has 0 saturated heterocycles. The SMILES string of the molecule is Cl.Cl.Nc1ncc2c[nH]cc2n1.O. The fourth-order valence-corrected chi connectivity index (χ4v) is 0.856. The summed E-state index contributed by atoms with van der Waals surface area (Å²) in [6.45, 7) is 0. The van der Waals surface area contributed by atoms with E-state index in [1.165, 1.54) is 0 Å². The highest BCUT2D eigenvalue weighted by Crippen LogP contribution is 2.08. The molecule has 5 N–H and O–H groups in total. The first-order valence-corrected chi connectivity index (χ1v) is 2.91. The number of nitrogens with zero attached hydrogens (tertiary/aromatic N) is 2. The van der Waals surface area contributed by atoms with E-state index in [-0.39, 0.29) is 30.3 Å². The molecule has 0 amide bonds. The average Bonchev–Trinajstić information content (AvgIpc) is 2.33. The third-order valence-electron chi connectivity index (χ3n) is 1.33. The van der Waals surface area contributed by atoms with Gasteiger partial charge >= 0.3 is 0 Å². The van der Waals surface area contributed by atoms with E-state index in [9.17, 15) is 0 Å². The summed E-state index contributed by atoms with van der Waals surface area (Å²) in [6, 6.07) is 0. The normalized spacial score (nSPS) is 8.00. The molecule has 0 bridgehead atoms. The molecular weight excluding hydrogens is 215 g/mol. The van der Waals surface area contributed by atoms with Gasteiger partial charge in [0.25, 0.3) is 0 Å². The van der Waals surface area contributed by atoms with Gasteiger partial charge in [-0.2, -0.15) is 0 Å². The molecule has 0 radical (unpaired) electrons. The topological polar surface area (TPSA) is 99.1 Å². The lowest BCUT2D eigenvalue weighted by molar-refractivity contribution is 0.824. The van der Waals surface area contributed by atoms with Gasteiger partial charge in [0, 0.05) is 24.0 Å². The van der Waals surface area contributed by atoms with Crippen molar-refractivity contribution < 1.29 is 5.48 Å². The van der Waals surface area contributed by atoms with Crippen molar-refractivity contribution in [1.29, 1.82) is 0 Å². The number of aromatic amines is 1. The number of nitrogens with two attached hydrogens (primary N) is 1. The van der Waals surface area contributed by atoms with Crippen LogP contribution in [0.15, 0.2) is 18.6 Å². The standard InChI is InChI=1S/C6H6N4.2ClH.H2O/c7-6-9-2-4-1-8-3-5(4)10-6;;;/h1-3,8H,(H2,7,10);2*1H;1H2. The highest BCUT2D eigenvalue weighted by molar-refractivity contribution is 5.85. The van der Waals surface area contributed by atoms with E-state index in [1.54, 1.807) is 12.4 Å². The Bertz CT molecular complexity index is 364. The summed E-state index contributed by atoms with van der Waals surface area (Å²) < 4.78 is 0. The predicted octanol–water partition coefficient (Wildman–Crippen LogP) is 0.559. The van der Waals surface area contributed by atoms with Crippen molar-refractivity contribution in [2.75, 3.05) is 5.73 Å². The molecule has 7 heteroatoms. The number of hydrogen-bond acceptors (Lipinski definition) is 3. The van der Waals surface area contributed by atoms with Gasteiger partial charge in [-0.3, -0.25) is 0 Å². The minimum absolute atomic E-state index is 0. The molecule has 0 atom stereocenters. The molecule has 5 nitrogen and oxygen atoms in total. The van der Waals surface area contributed by atoms with Gasteiger partial charge in [0.15, 0.2) is 0 Å². The minimum atomic E-state index is 0. The molecule has 2 heterocycles. The van der Waals surface area contributed by atoms with E-state index in [2.05, 4.69) is 15.0 Å². The van der Waals surface area contributed by atoms with Crippen molar-refractivity contribution >= 4 is 41.7 Å². The lowest BCUT2D eigenvalue weighted by Gasteiger charge is -1.88. The molecule has 0 aromatic carbocycles. The number of anilines is 1. The highest BCUT2D eigenvalue weighted by Gasteiger charge is 1.94. The zero-order valence-corrected chi connectivity index (χ0v) is 8.15. The number of hydrogen-bond donors (Lipinski definition) is 2. The van der Waals surface area contributed by atoms with Gasteiger partial charge in [0.05, 0.1) is 5.52 Å². The summed E-state index contributed by atoms with van der Waals surface area (Å²) in [5, 5.41) is 0.981. The minimum Gasteiger partial charge on any atom is -0.412 e. The third-order valence-corrected chi connectivity index (χ3v) is 1.33. The molecule has 2 rings (SSSR count). The molecule has 0 spiro atoms. The second-order valence-electron chi connectivity index (χ2n) is 2.02. The lowest BCUT2D eigenvalue weighted by atomic mass is 10.4. The summed E-state index contributed by atoms with van der Waals surface area (Å²) in [5.41, 5.74) is 6.20. The molecule has 0 fully saturated rings. The van der Waals surface area contributed by atoms with E-state index in [4.69, 9.17) is 5.73 Å². The van der Waals surface area contributed by atoms with Gasteiger partial charge in [-0.15, -0.1) is 24.8 Å². The smallest absolute Gasteiger partial charge is 0.220 e. The van der Waals surface area contributed by atoms with Crippen molar-refractivity contribution in [3.63, 3.8) is 0 Å². The number of halogens is 2. The molecule has 0 unspecified atom stereocenters. The van der Waals surface area contributed by atoms with Crippen molar-refractivity contribution in [2.24, 2.45) is 0 Å².